The molecule has 1 amide bonds. The third-order valence-corrected chi connectivity index (χ3v) is 4.77. The molecule has 1 saturated carbocycles. The molecule has 3 heteroatoms. The third-order valence-electron chi connectivity index (χ3n) is 4.77. The van der Waals surface area contributed by atoms with E-state index in [1.807, 2.05) is 18.2 Å². The van der Waals surface area contributed by atoms with Crippen molar-refractivity contribution in [1.29, 1.82) is 0 Å². The van der Waals surface area contributed by atoms with Gasteiger partial charge in [-0.2, -0.15) is 0 Å². The first-order chi connectivity index (χ1) is 10.1. The summed E-state index contributed by atoms with van der Waals surface area (Å²) in [5, 5.41) is 0. The van der Waals surface area contributed by atoms with Crippen LogP contribution >= 0.6 is 0 Å². The molecule has 0 aromatic heterocycles. The standard InChI is InChI=1S/C18H26N2O/c1-15(2)14-19-10-12-20(13-11-19)17(21)18(8-9-18)16-6-4-3-5-7-16/h3-7,15H,8-14H2,1-2H3. The number of benzene rings is 1. The zero-order valence-corrected chi connectivity index (χ0v) is 13.2. The van der Waals surface area contributed by atoms with E-state index in [1.165, 1.54) is 5.56 Å². The predicted octanol–water partition coefficient (Wildman–Crippen LogP) is 2.52. The Labute approximate surface area is 127 Å². The van der Waals surface area contributed by atoms with E-state index in [4.69, 9.17) is 0 Å². The van der Waals surface area contributed by atoms with Crippen LogP contribution in [0.25, 0.3) is 0 Å². The van der Waals surface area contributed by atoms with Gasteiger partial charge in [-0.3, -0.25) is 9.69 Å². The minimum absolute atomic E-state index is 0.193. The fourth-order valence-corrected chi connectivity index (χ4v) is 3.46. The summed E-state index contributed by atoms with van der Waals surface area (Å²) < 4.78 is 0. The molecule has 0 radical (unpaired) electrons. The van der Waals surface area contributed by atoms with E-state index < -0.39 is 0 Å². The van der Waals surface area contributed by atoms with Crippen LogP contribution < -0.4 is 0 Å². The van der Waals surface area contributed by atoms with Crippen molar-refractivity contribution < 1.29 is 4.79 Å². The molecule has 21 heavy (non-hydrogen) atoms. The Morgan fingerprint density at radius 3 is 2.24 bits per heavy atom. The molecule has 1 heterocycles. The Hall–Kier alpha value is -1.35. The molecule has 1 aliphatic heterocycles. The smallest absolute Gasteiger partial charge is 0.233 e. The van der Waals surface area contributed by atoms with Gasteiger partial charge in [-0.1, -0.05) is 44.2 Å². The van der Waals surface area contributed by atoms with Crippen LogP contribution in [0.1, 0.15) is 32.3 Å². The second-order valence-corrected chi connectivity index (χ2v) is 6.93. The van der Waals surface area contributed by atoms with E-state index in [9.17, 15) is 4.79 Å². The normalized spacial score (nSPS) is 21.6. The Morgan fingerprint density at radius 2 is 1.71 bits per heavy atom. The maximum absolute atomic E-state index is 12.9. The van der Waals surface area contributed by atoms with Crippen molar-refractivity contribution in [2.45, 2.75) is 32.1 Å². The van der Waals surface area contributed by atoms with E-state index in [1.54, 1.807) is 0 Å². The molecule has 1 aromatic carbocycles. The highest BCUT2D eigenvalue weighted by Crippen LogP contribution is 2.49. The lowest BCUT2D eigenvalue weighted by Crippen LogP contribution is -2.52. The molecule has 2 aliphatic rings. The van der Waals surface area contributed by atoms with Gasteiger partial charge in [0.1, 0.15) is 0 Å². The summed E-state index contributed by atoms with van der Waals surface area (Å²) >= 11 is 0. The first-order valence-electron chi connectivity index (χ1n) is 8.19. The maximum atomic E-state index is 12.9. The number of rotatable bonds is 4. The monoisotopic (exact) mass is 286 g/mol. The molecule has 0 unspecified atom stereocenters. The number of carbonyl (C=O) groups is 1. The molecular formula is C18H26N2O. The van der Waals surface area contributed by atoms with E-state index in [2.05, 4.69) is 35.8 Å². The van der Waals surface area contributed by atoms with Crippen LogP contribution in [0.2, 0.25) is 0 Å². The molecule has 1 aromatic rings. The molecule has 1 saturated heterocycles. The van der Waals surface area contributed by atoms with Crippen LogP contribution in [0.15, 0.2) is 30.3 Å². The summed E-state index contributed by atoms with van der Waals surface area (Å²) in [5.41, 5.74) is 1.01. The van der Waals surface area contributed by atoms with Gasteiger partial charge in [0.2, 0.25) is 5.91 Å². The first kappa shape index (κ1) is 14.6. The predicted molar refractivity (Wildman–Crippen MR) is 85.2 cm³/mol. The van der Waals surface area contributed by atoms with Gasteiger partial charge < -0.3 is 4.90 Å². The fourth-order valence-electron chi connectivity index (χ4n) is 3.46. The highest BCUT2D eigenvalue weighted by molar-refractivity contribution is 5.91. The summed E-state index contributed by atoms with van der Waals surface area (Å²) in [5.74, 6) is 1.06. The molecule has 1 aliphatic carbocycles. The Balaban J connectivity index is 1.62. The van der Waals surface area contributed by atoms with Crippen molar-refractivity contribution in [3.05, 3.63) is 35.9 Å². The maximum Gasteiger partial charge on any atom is 0.233 e. The molecule has 3 nitrogen and oxygen atoms in total. The lowest BCUT2D eigenvalue weighted by Gasteiger charge is -2.37. The number of hydrogen-bond acceptors (Lipinski definition) is 2. The lowest BCUT2D eigenvalue weighted by atomic mass is 9.94. The summed E-state index contributed by atoms with van der Waals surface area (Å²) in [7, 11) is 0. The molecular weight excluding hydrogens is 260 g/mol. The van der Waals surface area contributed by atoms with Crippen LogP contribution in [-0.4, -0.2) is 48.4 Å². The fraction of sp³-hybridized carbons (Fsp3) is 0.611. The summed E-state index contributed by atoms with van der Waals surface area (Å²) in [6.07, 6.45) is 2.03. The molecule has 0 spiro atoms. The molecule has 0 N–H and O–H groups in total. The van der Waals surface area contributed by atoms with E-state index >= 15 is 0 Å². The molecule has 3 rings (SSSR count). The minimum Gasteiger partial charge on any atom is -0.339 e. The highest BCUT2D eigenvalue weighted by Gasteiger charge is 2.53. The van der Waals surface area contributed by atoms with E-state index in [0.29, 0.717) is 11.8 Å². The van der Waals surface area contributed by atoms with Crippen LogP contribution in [0.4, 0.5) is 0 Å². The van der Waals surface area contributed by atoms with Crippen molar-refractivity contribution in [1.82, 2.24) is 9.80 Å². The van der Waals surface area contributed by atoms with Gasteiger partial charge in [0.05, 0.1) is 5.41 Å². The van der Waals surface area contributed by atoms with Crippen LogP contribution in [0, 0.1) is 5.92 Å². The zero-order valence-electron chi connectivity index (χ0n) is 13.2. The molecule has 114 valence electrons. The second-order valence-electron chi connectivity index (χ2n) is 6.93. The average Bonchev–Trinajstić information content (AvgIpc) is 3.29. The summed E-state index contributed by atoms with van der Waals surface area (Å²) in [6, 6.07) is 10.3. The van der Waals surface area contributed by atoms with Gasteiger partial charge in [-0.25, -0.2) is 0 Å². The quantitative estimate of drug-likeness (QED) is 0.849. The van der Waals surface area contributed by atoms with Crippen LogP contribution in [0.3, 0.4) is 0 Å². The third kappa shape index (κ3) is 2.98. The number of piperazine rings is 1. The summed E-state index contributed by atoms with van der Waals surface area (Å²) in [4.78, 5) is 17.5. The Morgan fingerprint density at radius 1 is 1.10 bits per heavy atom. The second kappa shape index (κ2) is 5.80. The first-order valence-corrected chi connectivity index (χ1v) is 8.19. The topological polar surface area (TPSA) is 23.6 Å². The van der Waals surface area contributed by atoms with Gasteiger partial charge in [-0.15, -0.1) is 0 Å². The van der Waals surface area contributed by atoms with Gasteiger partial charge in [0.25, 0.3) is 0 Å². The van der Waals surface area contributed by atoms with Gasteiger partial charge >= 0.3 is 0 Å². The van der Waals surface area contributed by atoms with Crippen molar-refractivity contribution in [2.24, 2.45) is 5.92 Å². The lowest BCUT2D eigenvalue weighted by molar-refractivity contribution is -0.135. The highest BCUT2D eigenvalue weighted by atomic mass is 16.2. The molecule has 0 atom stereocenters. The Bertz CT molecular complexity index is 485. The number of carbonyl (C=O) groups excluding carboxylic acids is 1. The van der Waals surface area contributed by atoms with Gasteiger partial charge in [-0.05, 0) is 24.3 Å². The van der Waals surface area contributed by atoms with Gasteiger partial charge in [0.15, 0.2) is 0 Å². The zero-order chi connectivity index (χ0) is 14.9. The minimum atomic E-state index is -0.193. The summed E-state index contributed by atoms with van der Waals surface area (Å²) in [6.45, 7) is 9.48. The van der Waals surface area contributed by atoms with E-state index in [-0.39, 0.29) is 5.41 Å². The molecule has 0 bridgehead atoms. The average molecular weight is 286 g/mol. The van der Waals surface area contributed by atoms with Crippen LogP contribution in [0.5, 0.6) is 0 Å². The number of amides is 1. The van der Waals surface area contributed by atoms with Crippen molar-refractivity contribution in [3.63, 3.8) is 0 Å². The van der Waals surface area contributed by atoms with Crippen LogP contribution in [-0.2, 0) is 10.2 Å². The molecule has 2 fully saturated rings. The largest absolute Gasteiger partial charge is 0.339 e. The van der Waals surface area contributed by atoms with Crippen molar-refractivity contribution >= 4 is 5.91 Å². The number of nitrogens with zero attached hydrogens (tertiary/aromatic N) is 2. The SMILES string of the molecule is CC(C)CN1CCN(C(=O)C2(c3ccccc3)CC2)CC1. The van der Waals surface area contributed by atoms with E-state index in [0.717, 1.165) is 45.6 Å². The Kier molecular flexibility index (Phi) is 4.03. The van der Waals surface area contributed by atoms with Gasteiger partial charge in [0, 0.05) is 32.7 Å². The number of hydrogen-bond donors (Lipinski definition) is 0. The van der Waals surface area contributed by atoms with Crippen molar-refractivity contribution in [2.75, 3.05) is 32.7 Å². The van der Waals surface area contributed by atoms with Crippen molar-refractivity contribution in [3.8, 4) is 0 Å².